The zero-order valence-corrected chi connectivity index (χ0v) is 16.5. The molecule has 1 aromatic heterocycles. The molecule has 1 aliphatic rings. The molecule has 7 nitrogen and oxygen atoms in total. The van der Waals surface area contributed by atoms with E-state index in [0.29, 0.717) is 42.2 Å². The Hall–Kier alpha value is -2.87. The van der Waals surface area contributed by atoms with E-state index < -0.39 is 0 Å². The summed E-state index contributed by atoms with van der Waals surface area (Å²) in [4.78, 5) is 5.53. The minimum absolute atomic E-state index is 0.480. The summed E-state index contributed by atoms with van der Waals surface area (Å²) < 4.78 is 27.4. The number of ether oxygens (including phenoxy) is 4. The zero-order chi connectivity index (χ0) is 19.3. The van der Waals surface area contributed by atoms with Gasteiger partial charge in [0, 0.05) is 17.4 Å². The van der Waals surface area contributed by atoms with Gasteiger partial charge < -0.3 is 23.5 Å². The number of aromatic nitrogens is 2. The van der Waals surface area contributed by atoms with Gasteiger partial charge in [0.05, 0.1) is 38.7 Å². The van der Waals surface area contributed by atoms with Crippen LogP contribution in [-0.4, -0.2) is 37.6 Å². The Morgan fingerprint density at radius 3 is 2.68 bits per heavy atom. The molecule has 8 heteroatoms. The maximum Gasteiger partial charge on any atom is 0.237 e. The van der Waals surface area contributed by atoms with Crippen LogP contribution < -0.4 is 18.9 Å². The summed E-state index contributed by atoms with van der Waals surface area (Å²) in [6, 6.07) is 11.4. The number of methoxy groups -OCH3 is 2. The Labute approximate surface area is 166 Å². The summed E-state index contributed by atoms with van der Waals surface area (Å²) in [6.45, 7) is 1.34. The Morgan fingerprint density at radius 1 is 1.00 bits per heavy atom. The van der Waals surface area contributed by atoms with Crippen molar-refractivity contribution in [1.29, 1.82) is 0 Å². The van der Waals surface area contributed by atoms with Crippen molar-refractivity contribution in [3.63, 3.8) is 0 Å². The van der Waals surface area contributed by atoms with Crippen LogP contribution in [-0.2, 0) is 5.75 Å². The Morgan fingerprint density at radius 2 is 1.86 bits per heavy atom. The van der Waals surface area contributed by atoms with Gasteiger partial charge in [-0.05, 0) is 30.3 Å². The molecule has 0 amide bonds. The van der Waals surface area contributed by atoms with Crippen LogP contribution in [0.4, 0.5) is 0 Å². The average molecular weight is 400 g/mol. The van der Waals surface area contributed by atoms with Gasteiger partial charge in [0.25, 0.3) is 0 Å². The lowest BCUT2D eigenvalue weighted by Gasteiger charge is -2.08. The lowest BCUT2D eigenvalue weighted by Crippen LogP contribution is -1.97. The van der Waals surface area contributed by atoms with E-state index in [4.69, 9.17) is 23.5 Å². The van der Waals surface area contributed by atoms with Gasteiger partial charge in [-0.3, -0.25) is 0 Å². The van der Waals surface area contributed by atoms with E-state index in [-0.39, 0.29) is 0 Å². The fourth-order valence-corrected chi connectivity index (χ4v) is 3.55. The molecule has 4 rings (SSSR count). The summed E-state index contributed by atoms with van der Waals surface area (Å²) in [7, 11) is 3.21. The number of thioether (sulfide) groups is 1. The number of benzene rings is 2. The van der Waals surface area contributed by atoms with E-state index in [1.165, 1.54) is 0 Å². The topological polar surface area (TPSA) is 75.8 Å². The smallest absolute Gasteiger partial charge is 0.237 e. The van der Waals surface area contributed by atoms with Crippen molar-refractivity contribution >= 4 is 11.8 Å². The molecule has 0 saturated heterocycles. The monoisotopic (exact) mass is 400 g/mol. The molecule has 0 atom stereocenters. The minimum atomic E-state index is 0.480. The van der Waals surface area contributed by atoms with Gasteiger partial charge >= 0.3 is 0 Å². The van der Waals surface area contributed by atoms with Crippen molar-refractivity contribution in [1.82, 2.24) is 10.1 Å². The Bertz CT molecular complexity index is 960. The van der Waals surface area contributed by atoms with E-state index in [0.717, 1.165) is 28.4 Å². The van der Waals surface area contributed by atoms with E-state index in [9.17, 15) is 0 Å². The second-order valence-electron chi connectivity index (χ2n) is 6.03. The average Bonchev–Trinajstić information content (AvgIpc) is 3.08. The number of rotatable bonds is 6. The van der Waals surface area contributed by atoms with Gasteiger partial charge in [-0.25, -0.2) is 0 Å². The molecule has 0 radical (unpaired) electrons. The minimum Gasteiger partial charge on any atom is -0.497 e. The van der Waals surface area contributed by atoms with E-state index >= 15 is 0 Å². The third-order valence-corrected chi connectivity index (χ3v) is 5.18. The highest BCUT2D eigenvalue weighted by molar-refractivity contribution is 7.98. The lowest BCUT2D eigenvalue weighted by atomic mass is 10.2. The first-order valence-electron chi connectivity index (χ1n) is 8.84. The number of nitrogens with zero attached hydrogens (tertiary/aromatic N) is 2. The van der Waals surface area contributed by atoms with Crippen LogP contribution in [0.15, 0.2) is 45.8 Å². The summed E-state index contributed by atoms with van der Waals surface area (Å²) in [5.41, 5.74) is 0.749. The molecule has 0 spiro atoms. The second-order valence-corrected chi connectivity index (χ2v) is 7.07. The fraction of sp³-hybridized carbons (Fsp3) is 0.300. The molecule has 146 valence electrons. The summed E-state index contributed by atoms with van der Waals surface area (Å²) in [6.07, 6.45) is 0.886. The van der Waals surface area contributed by atoms with Crippen molar-refractivity contribution < 1.29 is 23.5 Å². The fourth-order valence-electron chi connectivity index (χ4n) is 2.78. The number of hydrogen-bond acceptors (Lipinski definition) is 8. The molecule has 0 saturated carbocycles. The second kappa shape index (κ2) is 8.43. The molecular weight excluding hydrogens is 380 g/mol. The highest BCUT2D eigenvalue weighted by atomic mass is 32.2. The largest absolute Gasteiger partial charge is 0.497 e. The molecule has 3 aromatic rings. The van der Waals surface area contributed by atoms with E-state index in [1.54, 1.807) is 32.0 Å². The van der Waals surface area contributed by atoms with Crippen LogP contribution in [0.3, 0.4) is 0 Å². The third-order valence-electron chi connectivity index (χ3n) is 4.20. The van der Waals surface area contributed by atoms with Crippen LogP contribution in [0, 0.1) is 0 Å². The molecular formula is C20H20N2O5S. The molecule has 1 aliphatic heterocycles. The van der Waals surface area contributed by atoms with E-state index in [1.807, 2.05) is 30.3 Å². The lowest BCUT2D eigenvalue weighted by molar-refractivity contribution is 0.297. The SMILES string of the molecule is COc1ccc(-c2noc(CSc3ccc4c(c3)OCCCO4)n2)c(OC)c1. The van der Waals surface area contributed by atoms with Gasteiger partial charge in [0.15, 0.2) is 11.5 Å². The molecule has 0 N–H and O–H groups in total. The molecule has 0 bridgehead atoms. The quantitative estimate of drug-likeness (QED) is 0.570. The predicted molar refractivity (Wildman–Crippen MR) is 104 cm³/mol. The van der Waals surface area contributed by atoms with Crippen molar-refractivity contribution in [2.24, 2.45) is 0 Å². The first-order chi connectivity index (χ1) is 13.8. The van der Waals surface area contributed by atoms with Gasteiger partial charge in [-0.15, -0.1) is 11.8 Å². The summed E-state index contributed by atoms with van der Waals surface area (Å²) in [5, 5.41) is 4.08. The van der Waals surface area contributed by atoms with Crippen molar-refractivity contribution in [2.45, 2.75) is 17.1 Å². The molecule has 0 fully saturated rings. The summed E-state index contributed by atoms with van der Waals surface area (Å²) >= 11 is 1.59. The van der Waals surface area contributed by atoms with Crippen LogP contribution >= 0.6 is 11.8 Å². The molecule has 0 unspecified atom stereocenters. The molecule has 0 aliphatic carbocycles. The predicted octanol–water partition coefficient (Wildman–Crippen LogP) is 4.21. The highest BCUT2D eigenvalue weighted by Gasteiger charge is 2.15. The highest BCUT2D eigenvalue weighted by Crippen LogP contribution is 2.35. The van der Waals surface area contributed by atoms with Crippen LogP contribution in [0.5, 0.6) is 23.0 Å². The van der Waals surface area contributed by atoms with Gasteiger partial charge in [0.1, 0.15) is 11.5 Å². The standard InChI is InChI=1S/C20H20N2O5S/c1-23-13-4-6-15(17(10-13)24-2)20-21-19(27-22-20)12-28-14-5-7-16-18(11-14)26-9-3-8-25-16/h4-7,10-11H,3,8-9,12H2,1-2H3. The molecule has 28 heavy (non-hydrogen) atoms. The maximum atomic E-state index is 5.73. The van der Waals surface area contributed by atoms with Crippen LogP contribution in [0.2, 0.25) is 0 Å². The Balaban J connectivity index is 1.46. The Kier molecular flexibility index (Phi) is 5.57. The van der Waals surface area contributed by atoms with Crippen molar-refractivity contribution in [3.05, 3.63) is 42.3 Å². The molecule has 2 aromatic carbocycles. The van der Waals surface area contributed by atoms with Crippen LogP contribution in [0.1, 0.15) is 12.3 Å². The van der Waals surface area contributed by atoms with Gasteiger partial charge in [-0.2, -0.15) is 4.98 Å². The van der Waals surface area contributed by atoms with Crippen LogP contribution in [0.25, 0.3) is 11.4 Å². The maximum absolute atomic E-state index is 5.73. The van der Waals surface area contributed by atoms with Crippen molar-refractivity contribution in [2.75, 3.05) is 27.4 Å². The van der Waals surface area contributed by atoms with Gasteiger partial charge in [0.2, 0.25) is 11.7 Å². The number of hydrogen-bond donors (Lipinski definition) is 0. The van der Waals surface area contributed by atoms with Gasteiger partial charge in [-0.1, -0.05) is 5.16 Å². The first-order valence-corrected chi connectivity index (χ1v) is 9.83. The van der Waals surface area contributed by atoms with E-state index in [2.05, 4.69) is 10.1 Å². The zero-order valence-electron chi connectivity index (χ0n) is 15.6. The third kappa shape index (κ3) is 4.01. The first kappa shape index (κ1) is 18.5. The van der Waals surface area contributed by atoms with Crippen molar-refractivity contribution in [3.8, 4) is 34.4 Å². The number of fused-ring (bicyclic) bond motifs is 1. The summed E-state index contributed by atoms with van der Waals surface area (Å²) in [5.74, 6) is 4.45. The normalized spacial score (nSPS) is 13.1. The molecule has 2 heterocycles.